The van der Waals surface area contributed by atoms with Crippen LogP contribution in [0.5, 0.6) is 0 Å². The topological polar surface area (TPSA) is 64.1 Å². The van der Waals surface area contributed by atoms with Crippen LogP contribution in [0.15, 0.2) is 18.7 Å². The standard InChI is InChI=1S/C9H15N3O/c10-8-3-7(4-9(8)13)5-12-2-1-11-6-12/h1-2,6-9,13H,3-5,10H2. The zero-order chi connectivity index (χ0) is 9.26. The molecule has 1 saturated carbocycles. The molecule has 3 unspecified atom stereocenters. The molecule has 0 amide bonds. The van der Waals surface area contributed by atoms with Crippen LogP contribution in [0.1, 0.15) is 12.8 Å². The van der Waals surface area contributed by atoms with Gasteiger partial charge in [-0.3, -0.25) is 0 Å². The smallest absolute Gasteiger partial charge is 0.0945 e. The van der Waals surface area contributed by atoms with Crippen LogP contribution in [0.25, 0.3) is 0 Å². The molecule has 1 heterocycles. The third kappa shape index (κ3) is 1.89. The first kappa shape index (κ1) is 8.72. The monoisotopic (exact) mass is 181 g/mol. The number of nitrogens with two attached hydrogens (primary N) is 1. The molecule has 1 aromatic heterocycles. The van der Waals surface area contributed by atoms with Crippen LogP contribution < -0.4 is 5.73 Å². The maximum absolute atomic E-state index is 9.45. The quantitative estimate of drug-likeness (QED) is 0.674. The summed E-state index contributed by atoms with van der Waals surface area (Å²) in [5, 5.41) is 9.45. The predicted molar refractivity (Wildman–Crippen MR) is 48.9 cm³/mol. The van der Waals surface area contributed by atoms with E-state index in [1.54, 1.807) is 12.5 Å². The van der Waals surface area contributed by atoms with E-state index in [4.69, 9.17) is 5.73 Å². The van der Waals surface area contributed by atoms with Gasteiger partial charge in [0.25, 0.3) is 0 Å². The van der Waals surface area contributed by atoms with E-state index < -0.39 is 0 Å². The fraction of sp³-hybridized carbons (Fsp3) is 0.667. The molecule has 3 atom stereocenters. The second-order valence-corrected chi connectivity index (χ2v) is 3.83. The van der Waals surface area contributed by atoms with E-state index in [1.807, 2.05) is 10.8 Å². The summed E-state index contributed by atoms with van der Waals surface area (Å²) >= 11 is 0. The molecule has 0 bridgehead atoms. The Bertz CT molecular complexity index is 250. The first-order valence-corrected chi connectivity index (χ1v) is 4.65. The van der Waals surface area contributed by atoms with Crippen molar-refractivity contribution in [3.8, 4) is 0 Å². The van der Waals surface area contributed by atoms with Crippen LogP contribution >= 0.6 is 0 Å². The second-order valence-electron chi connectivity index (χ2n) is 3.83. The third-order valence-corrected chi connectivity index (χ3v) is 2.70. The number of rotatable bonds is 2. The van der Waals surface area contributed by atoms with Crippen LogP contribution in [0.4, 0.5) is 0 Å². The van der Waals surface area contributed by atoms with Gasteiger partial charge in [0.05, 0.1) is 12.4 Å². The molecule has 3 N–H and O–H groups in total. The van der Waals surface area contributed by atoms with Crippen LogP contribution in [0.3, 0.4) is 0 Å². The lowest BCUT2D eigenvalue weighted by Crippen LogP contribution is -2.28. The summed E-state index contributed by atoms with van der Waals surface area (Å²) in [6, 6.07) is -0.0338. The largest absolute Gasteiger partial charge is 0.392 e. The molecular formula is C9H15N3O. The van der Waals surface area contributed by atoms with Crippen molar-refractivity contribution in [3.63, 3.8) is 0 Å². The molecule has 4 nitrogen and oxygen atoms in total. The van der Waals surface area contributed by atoms with Crippen LogP contribution in [-0.4, -0.2) is 26.8 Å². The van der Waals surface area contributed by atoms with Crippen LogP contribution in [-0.2, 0) is 6.54 Å². The van der Waals surface area contributed by atoms with Gasteiger partial charge in [-0.2, -0.15) is 0 Å². The Morgan fingerprint density at radius 3 is 2.92 bits per heavy atom. The molecule has 72 valence electrons. The molecule has 1 aliphatic rings. The fourth-order valence-corrected chi connectivity index (χ4v) is 2.00. The van der Waals surface area contributed by atoms with Crippen molar-refractivity contribution in [1.29, 1.82) is 0 Å². The van der Waals surface area contributed by atoms with Gasteiger partial charge in [0, 0.05) is 25.0 Å². The van der Waals surface area contributed by atoms with E-state index >= 15 is 0 Å². The predicted octanol–water partition coefficient (Wildman–Crippen LogP) is -0.0187. The SMILES string of the molecule is NC1CC(Cn2ccnc2)CC1O. The fourth-order valence-electron chi connectivity index (χ4n) is 2.00. The average Bonchev–Trinajstić information content (AvgIpc) is 2.64. The first-order valence-electron chi connectivity index (χ1n) is 4.65. The van der Waals surface area contributed by atoms with Crippen molar-refractivity contribution in [1.82, 2.24) is 9.55 Å². The lowest BCUT2D eigenvalue weighted by atomic mass is 10.1. The summed E-state index contributed by atoms with van der Waals surface area (Å²) in [6.45, 7) is 0.921. The van der Waals surface area contributed by atoms with E-state index in [-0.39, 0.29) is 12.1 Å². The molecule has 0 radical (unpaired) electrons. The molecule has 2 rings (SSSR count). The summed E-state index contributed by atoms with van der Waals surface area (Å²) in [7, 11) is 0. The number of hydrogen-bond acceptors (Lipinski definition) is 3. The van der Waals surface area contributed by atoms with E-state index in [2.05, 4.69) is 4.98 Å². The van der Waals surface area contributed by atoms with Gasteiger partial charge in [0.1, 0.15) is 0 Å². The zero-order valence-corrected chi connectivity index (χ0v) is 7.50. The Balaban J connectivity index is 1.91. The molecule has 1 aromatic rings. The van der Waals surface area contributed by atoms with Crippen molar-refractivity contribution < 1.29 is 5.11 Å². The zero-order valence-electron chi connectivity index (χ0n) is 7.50. The van der Waals surface area contributed by atoms with Crippen molar-refractivity contribution in [3.05, 3.63) is 18.7 Å². The highest BCUT2D eigenvalue weighted by Gasteiger charge is 2.30. The third-order valence-electron chi connectivity index (χ3n) is 2.70. The number of imidazole rings is 1. The Hall–Kier alpha value is -0.870. The molecule has 1 fully saturated rings. The van der Waals surface area contributed by atoms with E-state index in [0.29, 0.717) is 5.92 Å². The number of nitrogens with zero attached hydrogens (tertiary/aromatic N) is 2. The van der Waals surface area contributed by atoms with E-state index in [0.717, 1.165) is 19.4 Å². The maximum Gasteiger partial charge on any atom is 0.0945 e. The van der Waals surface area contributed by atoms with Gasteiger partial charge in [-0.05, 0) is 18.8 Å². The molecule has 0 aliphatic heterocycles. The Kier molecular flexibility index (Phi) is 2.33. The molecule has 0 spiro atoms. The van der Waals surface area contributed by atoms with Gasteiger partial charge in [-0.1, -0.05) is 0 Å². The number of aromatic nitrogens is 2. The molecule has 1 aliphatic carbocycles. The normalized spacial score (nSPS) is 33.8. The lowest BCUT2D eigenvalue weighted by molar-refractivity contribution is 0.160. The second kappa shape index (κ2) is 3.47. The molecule has 0 saturated heterocycles. The van der Waals surface area contributed by atoms with Gasteiger partial charge in [-0.15, -0.1) is 0 Å². The number of aliphatic hydroxyl groups is 1. The average molecular weight is 181 g/mol. The summed E-state index contributed by atoms with van der Waals surface area (Å²) in [6.07, 6.45) is 6.93. The Labute approximate surface area is 77.4 Å². The van der Waals surface area contributed by atoms with Crippen molar-refractivity contribution in [2.45, 2.75) is 31.5 Å². The first-order chi connectivity index (χ1) is 6.25. The minimum Gasteiger partial charge on any atom is -0.392 e. The highest BCUT2D eigenvalue weighted by atomic mass is 16.3. The molecule has 4 heteroatoms. The minimum atomic E-state index is -0.312. The molecule has 13 heavy (non-hydrogen) atoms. The van der Waals surface area contributed by atoms with Gasteiger partial charge in [-0.25, -0.2) is 4.98 Å². The summed E-state index contributed by atoms with van der Waals surface area (Å²) < 4.78 is 2.04. The van der Waals surface area contributed by atoms with Gasteiger partial charge >= 0.3 is 0 Å². The Morgan fingerprint density at radius 2 is 2.38 bits per heavy atom. The maximum atomic E-state index is 9.45. The summed E-state index contributed by atoms with van der Waals surface area (Å²) in [4.78, 5) is 3.97. The summed E-state index contributed by atoms with van der Waals surface area (Å²) in [5.74, 6) is 0.499. The minimum absolute atomic E-state index is 0.0338. The van der Waals surface area contributed by atoms with Gasteiger partial charge in [0.2, 0.25) is 0 Å². The Morgan fingerprint density at radius 1 is 1.54 bits per heavy atom. The lowest BCUT2D eigenvalue weighted by Gasteiger charge is -2.08. The number of aliphatic hydroxyl groups excluding tert-OH is 1. The molecule has 0 aromatic carbocycles. The molecular weight excluding hydrogens is 166 g/mol. The van der Waals surface area contributed by atoms with Crippen LogP contribution in [0, 0.1) is 5.92 Å². The van der Waals surface area contributed by atoms with Crippen molar-refractivity contribution in [2.75, 3.05) is 0 Å². The van der Waals surface area contributed by atoms with Gasteiger partial charge in [0.15, 0.2) is 0 Å². The summed E-state index contributed by atoms with van der Waals surface area (Å²) in [5.41, 5.74) is 5.72. The van der Waals surface area contributed by atoms with Crippen LogP contribution in [0.2, 0.25) is 0 Å². The van der Waals surface area contributed by atoms with Gasteiger partial charge < -0.3 is 15.4 Å². The van der Waals surface area contributed by atoms with Crippen molar-refractivity contribution in [2.24, 2.45) is 11.7 Å². The highest BCUT2D eigenvalue weighted by molar-refractivity contribution is 4.87. The van der Waals surface area contributed by atoms with E-state index in [1.165, 1.54) is 0 Å². The van der Waals surface area contributed by atoms with Crippen molar-refractivity contribution >= 4 is 0 Å². The van der Waals surface area contributed by atoms with E-state index in [9.17, 15) is 5.11 Å². The number of hydrogen-bond donors (Lipinski definition) is 2. The highest BCUT2D eigenvalue weighted by Crippen LogP contribution is 2.25.